The van der Waals surface area contributed by atoms with E-state index < -0.39 is 11.7 Å². The molecule has 3 rings (SSSR count). The fraction of sp³-hybridized carbons (Fsp3) is 0.238. The maximum absolute atomic E-state index is 13.4. The van der Waals surface area contributed by atoms with Gasteiger partial charge in [-0.2, -0.15) is 13.2 Å². The van der Waals surface area contributed by atoms with Crippen molar-refractivity contribution in [2.45, 2.75) is 42.5 Å². The van der Waals surface area contributed by atoms with Crippen molar-refractivity contribution in [3.63, 3.8) is 0 Å². The number of rotatable bonds is 7. The molecule has 0 radical (unpaired) electrons. The summed E-state index contributed by atoms with van der Waals surface area (Å²) in [5.41, 5.74) is -0.217. The van der Waals surface area contributed by atoms with E-state index in [1.807, 2.05) is 13.8 Å². The van der Waals surface area contributed by atoms with Crippen LogP contribution in [0, 0.1) is 0 Å². The molecule has 0 aliphatic rings. The third-order valence-corrected chi connectivity index (χ3v) is 5.05. The third-order valence-electron chi connectivity index (χ3n) is 4.04. The summed E-state index contributed by atoms with van der Waals surface area (Å²) in [6, 6.07) is 15.9. The van der Waals surface area contributed by atoms with Gasteiger partial charge in [0.15, 0.2) is 0 Å². The molecule has 0 aliphatic carbocycles. The normalized spacial score (nSPS) is 12.4. The Hall–Kier alpha value is -2.74. The molecule has 0 spiro atoms. The van der Waals surface area contributed by atoms with Crippen LogP contribution in [0.4, 0.5) is 24.8 Å². The lowest BCUT2D eigenvalue weighted by Crippen LogP contribution is -2.11. The van der Waals surface area contributed by atoms with Crippen LogP contribution in [-0.4, -0.2) is 16.1 Å². The van der Waals surface area contributed by atoms with Gasteiger partial charge in [0.25, 0.3) is 0 Å². The summed E-state index contributed by atoms with van der Waals surface area (Å²) in [5, 5.41) is 2.79. The third kappa shape index (κ3) is 5.87. The van der Waals surface area contributed by atoms with Crippen molar-refractivity contribution < 1.29 is 17.9 Å². The molecule has 2 aromatic carbocycles. The Morgan fingerprint density at radius 3 is 2.38 bits per heavy atom. The van der Waals surface area contributed by atoms with Crippen molar-refractivity contribution in [2.24, 2.45) is 0 Å². The Kier molecular flexibility index (Phi) is 6.64. The van der Waals surface area contributed by atoms with Crippen LogP contribution in [0.5, 0.6) is 5.75 Å². The Labute approximate surface area is 171 Å². The molecule has 0 saturated heterocycles. The summed E-state index contributed by atoms with van der Waals surface area (Å²) in [7, 11) is 0. The molecular formula is C21H20F3N3OS. The van der Waals surface area contributed by atoms with E-state index in [9.17, 15) is 13.2 Å². The van der Waals surface area contributed by atoms with Gasteiger partial charge in [-0.1, -0.05) is 36.9 Å². The van der Waals surface area contributed by atoms with Gasteiger partial charge in [0, 0.05) is 16.8 Å². The summed E-state index contributed by atoms with van der Waals surface area (Å²) >= 11 is 0.946. The van der Waals surface area contributed by atoms with E-state index in [0.717, 1.165) is 30.1 Å². The molecule has 3 aromatic rings. The zero-order chi connectivity index (χ0) is 20.9. The van der Waals surface area contributed by atoms with Crippen molar-refractivity contribution in [1.29, 1.82) is 0 Å². The van der Waals surface area contributed by atoms with E-state index in [2.05, 4.69) is 15.3 Å². The lowest BCUT2D eigenvalue weighted by molar-refractivity contribution is -0.140. The molecule has 0 bridgehead atoms. The maximum atomic E-state index is 13.4. The first-order valence-electron chi connectivity index (χ1n) is 9.06. The molecular weight excluding hydrogens is 399 g/mol. The molecule has 1 aromatic heterocycles. The van der Waals surface area contributed by atoms with Crippen LogP contribution in [0.25, 0.3) is 0 Å². The van der Waals surface area contributed by atoms with Crippen molar-refractivity contribution in [3.8, 4) is 5.75 Å². The number of anilines is 2. The Bertz CT molecular complexity index is 934. The minimum atomic E-state index is -4.54. The smallest absolute Gasteiger partial charge is 0.420 e. The van der Waals surface area contributed by atoms with E-state index in [4.69, 9.17) is 4.74 Å². The largest absolute Gasteiger partial charge is 0.491 e. The fourth-order valence-corrected chi connectivity index (χ4v) is 3.29. The van der Waals surface area contributed by atoms with Crippen LogP contribution >= 0.6 is 11.8 Å². The average Bonchev–Trinajstić information content (AvgIpc) is 2.69. The molecule has 8 heteroatoms. The number of hydrogen-bond donors (Lipinski definition) is 1. The molecule has 1 N–H and O–H groups in total. The van der Waals surface area contributed by atoms with Crippen LogP contribution in [0.2, 0.25) is 0 Å². The lowest BCUT2D eigenvalue weighted by atomic mass is 10.3. The number of hydrogen-bond acceptors (Lipinski definition) is 5. The minimum absolute atomic E-state index is 0.0898. The van der Waals surface area contributed by atoms with E-state index in [-0.39, 0.29) is 17.1 Å². The highest BCUT2D eigenvalue weighted by atomic mass is 32.2. The first-order chi connectivity index (χ1) is 13.8. The molecule has 1 atom stereocenters. The van der Waals surface area contributed by atoms with Gasteiger partial charge in [-0.05, 0) is 49.7 Å². The number of halogens is 3. The second-order valence-electron chi connectivity index (χ2n) is 6.31. The van der Waals surface area contributed by atoms with Crippen molar-refractivity contribution >= 4 is 23.4 Å². The molecule has 152 valence electrons. The molecule has 1 heterocycles. The first-order valence-corrected chi connectivity index (χ1v) is 9.87. The van der Waals surface area contributed by atoms with E-state index in [0.29, 0.717) is 10.6 Å². The fourth-order valence-electron chi connectivity index (χ4n) is 2.36. The van der Waals surface area contributed by atoms with Crippen LogP contribution in [0.3, 0.4) is 0 Å². The number of ether oxygens (including phenoxy) is 1. The zero-order valence-electron chi connectivity index (χ0n) is 15.9. The quantitative estimate of drug-likeness (QED) is 0.439. The molecule has 1 unspecified atom stereocenters. The SMILES string of the molecule is CCC(C)Oc1ccc(Nc2ncc(C(F)(F)F)c(Sc3ccccc3)n2)cc1. The number of nitrogens with one attached hydrogen (secondary N) is 1. The molecule has 4 nitrogen and oxygen atoms in total. The molecule has 0 saturated carbocycles. The number of nitrogens with zero attached hydrogens (tertiary/aromatic N) is 2. The topological polar surface area (TPSA) is 47.0 Å². The van der Waals surface area contributed by atoms with Gasteiger partial charge in [-0.25, -0.2) is 9.97 Å². The van der Waals surface area contributed by atoms with Gasteiger partial charge < -0.3 is 10.1 Å². The number of benzene rings is 2. The predicted molar refractivity (Wildman–Crippen MR) is 108 cm³/mol. The highest BCUT2D eigenvalue weighted by Gasteiger charge is 2.35. The van der Waals surface area contributed by atoms with Crippen LogP contribution in [0.15, 0.2) is 70.7 Å². The van der Waals surface area contributed by atoms with E-state index >= 15 is 0 Å². The van der Waals surface area contributed by atoms with Gasteiger partial charge in [0.2, 0.25) is 5.95 Å². The molecule has 0 fully saturated rings. The van der Waals surface area contributed by atoms with Crippen molar-refractivity contribution in [3.05, 3.63) is 66.4 Å². The summed E-state index contributed by atoms with van der Waals surface area (Å²) < 4.78 is 45.8. The number of alkyl halides is 3. The van der Waals surface area contributed by atoms with Gasteiger partial charge in [0.1, 0.15) is 16.3 Å². The molecule has 0 aliphatic heterocycles. The summed E-state index contributed by atoms with van der Waals surface area (Å²) in [6.45, 7) is 4.02. The van der Waals surface area contributed by atoms with Crippen LogP contribution in [0.1, 0.15) is 25.8 Å². The molecule has 0 amide bonds. The standard InChI is InChI=1S/C21H20F3N3OS/c1-3-14(2)28-16-11-9-15(10-12-16)26-20-25-13-18(21(22,23)24)19(27-20)29-17-7-5-4-6-8-17/h4-14H,3H2,1-2H3,(H,25,26,27). The number of aromatic nitrogens is 2. The first kappa shape index (κ1) is 21.0. The Morgan fingerprint density at radius 1 is 1.07 bits per heavy atom. The van der Waals surface area contributed by atoms with Crippen LogP contribution in [-0.2, 0) is 6.18 Å². The van der Waals surface area contributed by atoms with Crippen molar-refractivity contribution in [1.82, 2.24) is 9.97 Å². The highest BCUT2D eigenvalue weighted by molar-refractivity contribution is 7.99. The summed E-state index contributed by atoms with van der Waals surface area (Å²) in [5.74, 6) is 0.811. The van der Waals surface area contributed by atoms with Gasteiger partial charge >= 0.3 is 6.18 Å². The highest BCUT2D eigenvalue weighted by Crippen LogP contribution is 2.38. The summed E-state index contributed by atoms with van der Waals surface area (Å²) in [4.78, 5) is 8.60. The van der Waals surface area contributed by atoms with Crippen molar-refractivity contribution in [2.75, 3.05) is 5.32 Å². The zero-order valence-corrected chi connectivity index (χ0v) is 16.7. The van der Waals surface area contributed by atoms with Crippen LogP contribution < -0.4 is 10.1 Å². The second-order valence-corrected chi connectivity index (χ2v) is 7.37. The average molecular weight is 419 g/mol. The van der Waals surface area contributed by atoms with E-state index in [1.54, 1.807) is 54.6 Å². The Balaban J connectivity index is 1.82. The van der Waals surface area contributed by atoms with Gasteiger partial charge in [-0.3, -0.25) is 0 Å². The Morgan fingerprint density at radius 2 is 1.76 bits per heavy atom. The molecule has 29 heavy (non-hydrogen) atoms. The lowest BCUT2D eigenvalue weighted by Gasteiger charge is -2.14. The minimum Gasteiger partial charge on any atom is -0.491 e. The van der Waals surface area contributed by atoms with Gasteiger partial charge in [0.05, 0.1) is 6.10 Å². The van der Waals surface area contributed by atoms with E-state index in [1.165, 1.54) is 0 Å². The monoisotopic (exact) mass is 419 g/mol. The second kappa shape index (κ2) is 9.17. The maximum Gasteiger partial charge on any atom is 0.420 e. The van der Waals surface area contributed by atoms with Gasteiger partial charge in [-0.15, -0.1) is 0 Å². The summed E-state index contributed by atoms with van der Waals surface area (Å²) in [6.07, 6.45) is -2.74. The predicted octanol–water partition coefficient (Wildman–Crippen LogP) is 6.57.